The van der Waals surface area contributed by atoms with Crippen molar-refractivity contribution in [2.45, 2.75) is 25.8 Å². The molecule has 0 saturated carbocycles. The Morgan fingerprint density at radius 3 is 2.68 bits per heavy atom. The monoisotopic (exact) mass is 317 g/mol. The van der Waals surface area contributed by atoms with Gasteiger partial charge in [-0.3, -0.25) is 9.78 Å². The lowest BCUT2D eigenvalue weighted by Crippen LogP contribution is -2.30. The fourth-order valence-electron chi connectivity index (χ4n) is 2.70. The number of benzene rings is 1. The highest BCUT2D eigenvalue weighted by atomic mass is 35.5. The lowest BCUT2D eigenvalue weighted by Gasteiger charge is -2.26. The van der Waals surface area contributed by atoms with E-state index in [9.17, 15) is 4.79 Å². The Bertz CT molecular complexity index is 700. The lowest BCUT2D eigenvalue weighted by atomic mass is 9.96. The first-order chi connectivity index (χ1) is 10.1. The molecule has 4 nitrogen and oxygen atoms in total. The molecule has 116 valence electrons. The number of carbonyl (C=O) groups excluding carboxylic acids is 1. The van der Waals surface area contributed by atoms with Crippen LogP contribution in [0.25, 0.3) is 11.1 Å². The summed E-state index contributed by atoms with van der Waals surface area (Å²) in [5, 5.41) is 0. The molecule has 0 unspecified atom stereocenters. The second-order valence-electron chi connectivity index (χ2n) is 5.59. The minimum absolute atomic E-state index is 0. The Morgan fingerprint density at radius 2 is 1.95 bits per heavy atom. The molecule has 1 atom stereocenters. The zero-order chi connectivity index (χ0) is 15.0. The summed E-state index contributed by atoms with van der Waals surface area (Å²) in [6.07, 6.45) is 5.03. The van der Waals surface area contributed by atoms with Crippen molar-refractivity contribution >= 4 is 24.0 Å². The molecular weight excluding hydrogens is 298 g/mol. The second-order valence-corrected chi connectivity index (χ2v) is 5.59. The molecule has 2 aromatic rings. The first kappa shape index (κ1) is 16.5. The number of aryl methyl sites for hydroxylation is 1. The van der Waals surface area contributed by atoms with Crippen LogP contribution in [0.4, 0.5) is 5.69 Å². The zero-order valence-corrected chi connectivity index (χ0v) is 13.6. The van der Waals surface area contributed by atoms with Gasteiger partial charge in [-0.25, -0.2) is 0 Å². The summed E-state index contributed by atoms with van der Waals surface area (Å²) >= 11 is 0. The molecule has 1 aliphatic heterocycles. The summed E-state index contributed by atoms with van der Waals surface area (Å²) < 4.78 is 0. The standard InChI is InChI=1S/C17H19N3O.ClH/c1-11(18)14-8-15(10-19-9-14)12-3-5-16-13(7-12)4-6-17(21)20(16)2;/h3,5,7-11H,4,6,18H2,1-2H3;1H/t11-;/m0./s1. The molecule has 1 amide bonds. The Kier molecular flexibility index (Phi) is 4.84. The van der Waals surface area contributed by atoms with Gasteiger partial charge in [0.1, 0.15) is 0 Å². The van der Waals surface area contributed by atoms with Crippen LogP contribution in [0.15, 0.2) is 36.7 Å². The molecule has 2 N–H and O–H groups in total. The molecule has 2 heterocycles. The van der Waals surface area contributed by atoms with E-state index in [-0.39, 0.29) is 24.4 Å². The van der Waals surface area contributed by atoms with Gasteiger partial charge in [0.25, 0.3) is 0 Å². The van der Waals surface area contributed by atoms with Crippen LogP contribution in [0.1, 0.15) is 30.5 Å². The molecule has 0 aliphatic carbocycles. The van der Waals surface area contributed by atoms with Gasteiger partial charge in [0.15, 0.2) is 0 Å². The molecule has 0 spiro atoms. The fraction of sp³-hybridized carbons (Fsp3) is 0.294. The van der Waals surface area contributed by atoms with Gasteiger partial charge in [-0.1, -0.05) is 6.07 Å². The highest BCUT2D eigenvalue weighted by Gasteiger charge is 2.21. The van der Waals surface area contributed by atoms with E-state index in [0.717, 1.165) is 28.8 Å². The minimum Gasteiger partial charge on any atom is -0.324 e. The number of nitrogens with zero attached hydrogens (tertiary/aromatic N) is 2. The lowest BCUT2D eigenvalue weighted by molar-refractivity contribution is -0.118. The molecule has 0 saturated heterocycles. The van der Waals surface area contributed by atoms with Gasteiger partial charge in [0.2, 0.25) is 5.91 Å². The zero-order valence-electron chi connectivity index (χ0n) is 12.7. The minimum atomic E-state index is -0.0289. The number of aromatic nitrogens is 1. The summed E-state index contributed by atoms with van der Waals surface area (Å²) in [5.74, 6) is 0.177. The maximum Gasteiger partial charge on any atom is 0.227 e. The Balaban J connectivity index is 0.00000176. The van der Waals surface area contributed by atoms with Gasteiger partial charge in [-0.2, -0.15) is 0 Å². The van der Waals surface area contributed by atoms with Crippen LogP contribution in [0.2, 0.25) is 0 Å². The van der Waals surface area contributed by atoms with Gasteiger partial charge in [-0.05, 0) is 48.2 Å². The van der Waals surface area contributed by atoms with Gasteiger partial charge < -0.3 is 10.6 Å². The van der Waals surface area contributed by atoms with Crippen molar-refractivity contribution in [3.8, 4) is 11.1 Å². The summed E-state index contributed by atoms with van der Waals surface area (Å²) in [4.78, 5) is 17.7. The van der Waals surface area contributed by atoms with E-state index >= 15 is 0 Å². The van der Waals surface area contributed by atoms with Crippen LogP contribution in [0.5, 0.6) is 0 Å². The molecular formula is C17H20ClN3O. The third kappa shape index (κ3) is 2.98. The van der Waals surface area contributed by atoms with Gasteiger partial charge >= 0.3 is 0 Å². The van der Waals surface area contributed by atoms with E-state index in [2.05, 4.69) is 17.1 Å². The number of pyridine rings is 1. The topological polar surface area (TPSA) is 59.2 Å². The first-order valence-corrected chi connectivity index (χ1v) is 7.16. The third-order valence-corrected chi connectivity index (χ3v) is 4.04. The average Bonchev–Trinajstić information content (AvgIpc) is 2.51. The number of hydrogen-bond donors (Lipinski definition) is 1. The SMILES string of the molecule is C[C@H](N)c1cncc(-c2ccc3c(c2)CCC(=O)N3C)c1.Cl. The smallest absolute Gasteiger partial charge is 0.227 e. The van der Waals surface area contributed by atoms with E-state index in [4.69, 9.17) is 5.73 Å². The predicted octanol–water partition coefficient (Wildman–Crippen LogP) is 3.10. The predicted molar refractivity (Wildman–Crippen MR) is 91.3 cm³/mol. The Morgan fingerprint density at radius 1 is 1.18 bits per heavy atom. The second kappa shape index (κ2) is 6.46. The molecule has 1 aromatic carbocycles. The maximum atomic E-state index is 11.7. The van der Waals surface area contributed by atoms with E-state index in [1.807, 2.05) is 32.3 Å². The maximum absolute atomic E-state index is 11.7. The van der Waals surface area contributed by atoms with Gasteiger partial charge in [-0.15, -0.1) is 12.4 Å². The van der Waals surface area contributed by atoms with Crippen LogP contribution in [-0.4, -0.2) is 17.9 Å². The largest absolute Gasteiger partial charge is 0.324 e. The van der Waals surface area contributed by atoms with E-state index in [1.54, 1.807) is 11.1 Å². The molecule has 5 heteroatoms. The Labute approximate surface area is 136 Å². The van der Waals surface area contributed by atoms with E-state index in [0.29, 0.717) is 6.42 Å². The number of amides is 1. The molecule has 1 aromatic heterocycles. The molecule has 0 fully saturated rings. The van der Waals surface area contributed by atoms with Crippen LogP contribution in [-0.2, 0) is 11.2 Å². The number of nitrogens with two attached hydrogens (primary N) is 1. The quantitative estimate of drug-likeness (QED) is 0.926. The average molecular weight is 318 g/mol. The third-order valence-electron chi connectivity index (χ3n) is 4.04. The number of halogens is 1. The fourth-order valence-corrected chi connectivity index (χ4v) is 2.70. The van der Waals surface area contributed by atoms with Crippen LogP contribution in [0, 0.1) is 0 Å². The molecule has 0 radical (unpaired) electrons. The van der Waals surface area contributed by atoms with Crippen LogP contribution in [0.3, 0.4) is 0 Å². The molecule has 3 rings (SSSR count). The van der Waals surface area contributed by atoms with Crippen molar-refractivity contribution in [1.82, 2.24) is 4.98 Å². The van der Waals surface area contributed by atoms with E-state index in [1.165, 1.54) is 5.56 Å². The summed E-state index contributed by atoms with van der Waals surface area (Å²) in [6.45, 7) is 1.95. The van der Waals surface area contributed by atoms with Gasteiger partial charge in [0.05, 0.1) is 0 Å². The van der Waals surface area contributed by atoms with E-state index < -0.39 is 0 Å². The summed E-state index contributed by atoms with van der Waals surface area (Å²) in [7, 11) is 1.83. The van der Waals surface area contributed by atoms with Crippen LogP contribution >= 0.6 is 12.4 Å². The van der Waals surface area contributed by atoms with Crippen molar-refractivity contribution in [2.24, 2.45) is 5.73 Å². The highest BCUT2D eigenvalue weighted by Crippen LogP contribution is 2.31. The number of carbonyl (C=O) groups is 1. The number of rotatable bonds is 2. The van der Waals surface area contributed by atoms with Crippen molar-refractivity contribution in [3.63, 3.8) is 0 Å². The number of hydrogen-bond acceptors (Lipinski definition) is 3. The molecule has 1 aliphatic rings. The van der Waals surface area contributed by atoms with Gasteiger partial charge in [0, 0.05) is 43.2 Å². The molecule has 22 heavy (non-hydrogen) atoms. The summed E-state index contributed by atoms with van der Waals surface area (Å²) in [6, 6.07) is 8.26. The Hall–Kier alpha value is -1.91. The first-order valence-electron chi connectivity index (χ1n) is 7.16. The number of anilines is 1. The van der Waals surface area contributed by atoms with Crippen molar-refractivity contribution < 1.29 is 4.79 Å². The normalized spacial score (nSPS) is 15.0. The molecule has 0 bridgehead atoms. The van der Waals surface area contributed by atoms with Crippen molar-refractivity contribution in [2.75, 3.05) is 11.9 Å². The van der Waals surface area contributed by atoms with Crippen LogP contribution < -0.4 is 10.6 Å². The highest BCUT2D eigenvalue weighted by molar-refractivity contribution is 5.96. The summed E-state index contributed by atoms with van der Waals surface area (Å²) in [5.41, 5.74) is 11.3. The van der Waals surface area contributed by atoms with Crippen molar-refractivity contribution in [1.29, 1.82) is 0 Å². The number of fused-ring (bicyclic) bond motifs is 1. The van der Waals surface area contributed by atoms with Crippen molar-refractivity contribution in [3.05, 3.63) is 47.8 Å².